The molecule has 2 aromatic rings. The molecule has 224 valence electrons. The summed E-state index contributed by atoms with van der Waals surface area (Å²) in [6.07, 6.45) is 0.854. The van der Waals surface area contributed by atoms with E-state index in [9.17, 15) is 23.1 Å². The highest BCUT2D eigenvalue weighted by molar-refractivity contribution is 7.89. The summed E-state index contributed by atoms with van der Waals surface area (Å²) in [6.45, 7) is 4.79. The van der Waals surface area contributed by atoms with Crippen LogP contribution < -0.4 is 4.74 Å². The molecular formula is C30H41N3O7S. The second-order valence-electron chi connectivity index (χ2n) is 11.3. The maximum Gasteiger partial charge on any atom is 0.253 e. The van der Waals surface area contributed by atoms with Gasteiger partial charge in [0.1, 0.15) is 16.7 Å². The molecule has 2 aliphatic rings. The fraction of sp³-hybridized carbons (Fsp3) is 0.533. The molecule has 11 heteroatoms. The van der Waals surface area contributed by atoms with E-state index in [0.29, 0.717) is 31.6 Å². The van der Waals surface area contributed by atoms with Crippen LogP contribution in [0.4, 0.5) is 0 Å². The Morgan fingerprint density at radius 3 is 2.29 bits per heavy atom. The Kier molecular flexibility index (Phi) is 9.73. The van der Waals surface area contributed by atoms with Gasteiger partial charge in [0.25, 0.3) is 5.91 Å². The largest absolute Gasteiger partial charge is 0.487 e. The van der Waals surface area contributed by atoms with Gasteiger partial charge >= 0.3 is 0 Å². The van der Waals surface area contributed by atoms with Gasteiger partial charge in [0, 0.05) is 64.3 Å². The fourth-order valence-corrected chi connectivity index (χ4v) is 7.13. The molecule has 0 radical (unpaired) electrons. The summed E-state index contributed by atoms with van der Waals surface area (Å²) in [7, 11) is 1.14. The van der Waals surface area contributed by atoms with E-state index in [1.807, 2.05) is 19.1 Å². The van der Waals surface area contributed by atoms with E-state index in [-0.39, 0.29) is 54.0 Å². The third-order valence-corrected chi connectivity index (χ3v) is 9.96. The Balaban J connectivity index is 1.70. The predicted molar refractivity (Wildman–Crippen MR) is 155 cm³/mol. The second kappa shape index (κ2) is 12.9. The lowest BCUT2D eigenvalue weighted by molar-refractivity contribution is -0.138. The molecule has 3 atom stereocenters. The molecule has 0 bridgehead atoms. The number of carbonyl (C=O) groups excluding carboxylic acids is 2. The summed E-state index contributed by atoms with van der Waals surface area (Å²) in [4.78, 5) is 28.7. The normalized spacial score (nSPS) is 22.0. The molecule has 2 amide bonds. The molecule has 0 aromatic heterocycles. The Labute approximate surface area is 242 Å². The number of aliphatic hydroxyl groups is 1. The number of carbonyl (C=O) groups is 2. The molecule has 2 aliphatic heterocycles. The Morgan fingerprint density at radius 1 is 1.05 bits per heavy atom. The van der Waals surface area contributed by atoms with Gasteiger partial charge in [0.05, 0.1) is 13.2 Å². The maximum absolute atomic E-state index is 13.8. The van der Waals surface area contributed by atoms with E-state index in [4.69, 9.17) is 9.47 Å². The van der Waals surface area contributed by atoms with Gasteiger partial charge in [0.15, 0.2) is 0 Å². The second-order valence-corrected chi connectivity index (χ2v) is 13.1. The molecule has 0 saturated carbocycles. The van der Waals surface area contributed by atoms with Gasteiger partial charge in [-0.1, -0.05) is 25.1 Å². The van der Waals surface area contributed by atoms with E-state index in [1.54, 1.807) is 57.2 Å². The highest BCUT2D eigenvalue weighted by Gasteiger charge is 2.39. The molecule has 0 aliphatic carbocycles. The van der Waals surface area contributed by atoms with Crippen molar-refractivity contribution in [2.45, 2.75) is 43.7 Å². The van der Waals surface area contributed by atoms with Crippen LogP contribution in [-0.4, -0.2) is 106 Å². The van der Waals surface area contributed by atoms with Crippen LogP contribution >= 0.6 is 0 Å². The minimum atomic E-state index is -3.99. The molecule has 41 heavy (non-hydrogen) atoms. The number of hydrogen-bond donors (Lipinski definition) is 1. The third kappa shape index (κ3) is 6.74. The summed E-state index contributed by atoms with van der Waals surface area (Å²) in [5.41, 5.74) is 2.06. The van der Waals surface area contributed by atoms with E-state index < -0.39 is 22.2 Å². The van der Waals surface area contributed by atoms with Crippen molar-refractivity contribution in [2.24, 2.45) is 11.8 Å². The van der Waals surface area contributed by atoms with Crippen LogP contribution in [-0.2, 0) is 19.6 Å². The zero-order chi connectivity index (χ0) is 29.9. The summed E-state index contributed by atoms with van der Waals surface area (Å²) in [6, 6.07) is 11.4. The van der Waals surface area contributed by atoms with Gasteiger partial charge in [-0.2, -0.15) is 4.31 Å². The number of fused-ring (bicyclic) bond motifs is 1. The van der Waals surface area contributed by atoms with Crippen molar-refractivity contribution in [3.63, 3.8) is 0 Å². The SMILES string of the molecule is C[C@@H]1CN([C@@H](C)CO)S(=O)(=O)c2ccc(-c3ccc(C(=O)N(C)C)cc3)cc2O[C@H]1CN(C)C(=O)C1CCOCC1. The fourth-order valence-electron chi connectivity index (χ4n) is 5.30. The first-order chi connectivity index (χ1) is 19.4. The number of amides is 2. The minimum absolute atomic E-state index is 0.0104. The van der Waals surface area contributed by atoms with E-state index >= 15 is 0 Å². The van der Waals surface area contributed by atoms with Crippen molar-refractivity contribution in [3.8, 4) is 16.9 Å². The van der Waals surface area contributed by atoms with Crippen LogP contribution in [0.25, 0.3) is 11.1 Å². The smallest absolute Gasteiger partial charge is 0.253 e. The molecule has 2 aromatic carbocycles. The Hall–Kier alpha value is -2.99. The topological polar surface area (TPSA) is 117 Å². The van der Waals surface area contributed by atoms with Crippen LogP contribution in [0.3, 0.4) is 0 Å². The van der Waals surface area contributed by atoms with Crippen LogP contribution in [0.2, 0.25) is 0 Å². The summed E-state index contributed by atoms with van der Waals surface area (Å²) >= 11 is 0. The maximum atomic E-state index is 13.8. The number of sulfonamides is 1. The quantitative estimate of drug-likeness (QED) is 0.530. The van der Waals surface area contributed by atoms with Crippen LogP contribution in [0.5, 0.6) is 5.75 Å². The number of likely N-dealkylation sites (N-methyl/N-ethyl adjacent to an activating group) is 1. The highest BCUT2D eigenvalue weighted by Crippen LogP contribution is 2.37. The molecule has 1 saturated heterocycles. The van der Waals surface area contributed by atoms with Crippen LogP contribution in [0.1, 0.15) is 37.0 Å². The number of hydrogen-bond acceptors (Lipinski definition) is 7. The Morgan fingerprint density at radius 2 is 1.68 bits per heavy atom. The molecule has 1 N–H and O–H groups in total. The summed E-state index contributed by atoms with van der Waals surface area (Å²) in [5, 5.41) is 9.90. The zero-order valence-electron chi connectivity index (χ0n) is 24.4. The first-order valence-corrected chi connectivity index (χ1v) is 15.5. The van der Waals surface area contributed by atoms with Crippen LogP contribution in [0.15, 0.2) is 47.4 Å². The monoisotopic (exact) mass is 587 g/mol. The third-order valence-electron chi connectivity index (χ3n) is 7.94. The van der Waals surface area contributed by atoms with Gasteiger partial charge < -0.3 is 24.4 Å². The lowest BCUT2D eigenvalue weighted by Crippen LogP contribution is -2.50. The average Bonchev–Trinajstić information content (AvgIpc) is 2.97. The van der Waals surface area contributed by atoms with Gasteiger partial charge in [-0.25, -0.2) is 8.42 Å². The standard InChI is InChI=1S/C30H41N3O7S/c1-20-17-33(21(2)19-34)41(37,38)28-11-10-25(22-6-8-23(9-7-22)29(35)31(3)4)16-26(28)40-27(20)18-32(5)30(36)24-12-14-39-15-13-24/h6-11,16,20-21,24,27,34H,12-15,17-19H2,1-5H3/t20-,21+,27+/m1/s1. The highest BCUT2D eigenvalue weighted by atomic mass is 32.2. The first-order valence-electron chi connectivity index (χ1n) is 14.0. The van der Waals surface area contributed by atoms with Crippen molar-refractivity contribution in [3.05, 3.63) is 48.0 Å². The minimum Gasteiger partial charge on any atom is -0.487 e. The lowest BCUT2D eigenvalue weighted by atomic mass is 9.97. The number of aliphatic hydroxyl groups excluding tert-OH is 1. The van der Waals surface area contributed by atoms with E-state index in [1.165, 1.54) is 15.3 Å². The lowest BCUT2D eigenvalue weighted by Gasteiger charge is -2.38. The van der Waals surface area contributed by atoms with E-state index in [2.05, 4.69) is 0 Å². The van der Waals surface area contributed by atoms with Crippen molar-refractivity contribution < 1.29 is 32.6 Å². The van der Waals surface area contributed by atoms with Crippen LogP contribution in [0, 0.1) is 11.8 Å². The molecule has 2 heterocycles. The predicted octanol–water partition coefficient (Wildman–Crippen LogP) is 2.71. The number of ether oxygens (including phenoxy) is 2. The summed E-state index contributed by atoms with van der Waals surface area (Å²) in [5.74, 6) is -0.282. The van der Waals surface area contributed by atoms with Gasteiger partial charge in [0.2, 0.25) is 15.9 Å². The average molecular weight is 588 g/mol. The molecule has 0 unspecified atom stereocenters. The summed E-state index contributed by atoms with van der Waals surface area (Å²) < 4.78 is 40.8. The van der Waals surface area contributed by atoms with E-state index in [0.717, 1.165) is 11.1 Å². The van der Waals surface area contributed by atoms with Gasteiger partial charge in [-0.3, -0.25) is 9.59 Å². The molecule has 1 fully saturated rings. The Bertz CT molecular complexity index is 1340. The van der Waals surface area contributed by atoms with Crippen molar-refractivity contribution >= 4 is 21.8 Å². The van der Waals surface area contributed by atoms with Crippen molar-refractivity contribution in [1.82, 2.24) is 14.1 Å². The van der Waals surface area contributed by atoms with Gasteiger partial charge in [-0.05, 0) is 55.2 Å². The van der Waals surface area contributed by atoms with Crippen molar-refractivity contribution in [2.75, 3.05) is 54.1 Å². The number of rotatable bonds is 7. The van der Waals surface area contributed by atoms with Crippen molar-refractivity contribution in [1.29, 1.82) is 0 Å². The number of benzene rings is 2. The molecule has 4 rings (SSSR count). The zero-order valence-corrected chi connectivity index (χ0v) is 25.3. The van der Waals surface area contributed by atoms with Gasteiger partial charge in [-0.15, -0.1) is 0 Å². The first kappa shape index (κ1) is 31.0. The number of nitrogens with zero attached hydrogens (tertiary/aromatic N) is 3. The molecule has 10 nitrogen and oxygen atoms in total. The molecule has 0 spiro atoms. The molecular weight excluding hydrogens is 546 g/mol.